The van der Waals surface area contributed by atoms with Crippen molar-refractivity contribution >= 4 is 10.2 Å². The number of aliphatic hydroxyl groups excluding tert-OH is 1. The fourth-order valence-corrected chi connectivity index (χ4v) is 5.79. The fraction of sp³-hybridized carbons (Fsp3) is 0.750. The van der Waals surface area contributed by atoms with E-state index in [2.05, 4.69) is 35.5 Å². The highest BCUT2D eigenvalue weighted by Crippen LogP contribution is 2.54. The molecule has 2 rings (SSSR count). The molecule has 0 saturated heterocycles. The summed E-state index contributed by atoms with van der Waals surface area (Å²) >= 11 is 0. The van der Waals surface area contributed by atoms with Gasteiger partial charge in [0.05, 0.1) is 6.10 Å². The molecular formula is C16H29NOS. The van der Waals surface area contributed by atoms with Crippen molar-refractivity contribution in [3.05, 3.63) is 22.5 Å². The maximum absolute atomic E-state index is 10.2. The Labute approximate surface area is 119 Å². The largest absolute Gasteiger partial charge is 0.392 e. The van der Waals surface area contributed by atoms with Crippen LogP contribution in [0.25, 0.3) is 0 Å². The Hall–Kier alpha value is -0.250. The zero-order chi connectivity index (χ0) is 13.9. The van der Waals surface area contributed by atoms with Crippen molar-refractivity contribution in [1.29, 1.82) is 0 Å². The van der Waals surface area contributed by atoms with Crippen LogP contribution in [-0.4, -0.2) is 24.0 Å². The van der Waals surface area contributed by atoms with Gasteiger partial charge in [0.25, 0.3) is 0 Å². The minimum atomic E-state index is -1.08. The Morgan fingerprint density at radius 1 is 1.32 bits per heavy atom. The van der Waals surface area contributed by atoms with Gasteiger partial charge in [-0.1, -0.05) is 39.2 Å². The van der Waals surface area contributed by atoms with Gasteiger partial charge in [-0.25, -0.2) is 0 Å². The molecule has 3 heteroatoms. The molecule has 1 fully saturated rings. The van der Waals surface area contributed by atoms with Gasteiger partial charge in [-0.15, -0.1) is 10.2 Å². The smallest absolute Gasteiger partial charge is 0.0656 e. The molecule has 2 N–H and O–H groups in total. The third kappa shape index (κ3) is 3.65. The Kier molecular flexibility index (Phi) is 5.15. The molecule has 0 aromatic heterocycles. The lowest BCUT2D eigenvalue weighted by Gasteiger charge is -2.35. The molecule has 0 aromatic carbocycles. The Morgan fingerprint density at radius 3 is 2.58 bits per heavy atom. The van der Waals surface area contributed by atoms with Gasteiger partial charge >= 0.3 is 0 Å². The summed E-state index contributed by atoms with van der Waals surface area (Å²) < 4.78 is 3.49. The van der Waals surface area contributed by atoms with E-state index in [1.54, 1.807) is 0 Å². The van der Waals surface area contributed by atoms with Gasteiger partial charge in [0, 0.05) is 5.75 Å². The van der Waals surface area contributed by atoms with Crippen molar-refractivity contribution in [3.8, 4) is 0 Å². The van der Waals surface area contributed by atoms with Crippen molar-refractivity contribution < 1.29 is 5.11 Å². The summed E-state index contributed by atoms with van der Waals surface area (Å²) in [4.78, 5) is 0. The quantitative estimate of drug-likeness (QED) is 0.801. The number of rotatable bonds is 5. The van der Waals surface area contributed by atoms with E-state index in [1.807, 2.05) is 7.05 Å². The topological polar surface area (TPSA) is 32.3 Å². The molecule has 0 bridgehead atoms. The maximum atomic E-state index is 10.2. The van der Waals surface area contributed by atoms with Crippen LogP contribution in [0.2, 0.25) is 0 Å². The van der Waals surface area contributed by atoms with Crippen LogP contribution >= 0.6 is 10.2 Å². The van der Waals surface area contributed by atoms with Crippen LogP contribution in [-0.2, 0) is 0 Å². The second-order valence-corrected chi connectivity index (χ2v) is 9.24. The van der Waals surface area contributed by atoms with Crippen LogP contribution in [0.3, 0.4) is 0 Å². The predicted molar refractivity (Wildman–Crippen MR) is 86.2 cm³/mol. The first-order chi connectivity index (χ1) is 9.06. The summed E-state index contributed by atoms with van der Waals surface area (Å²) in [5.74, 6) is 1.95. The molecule has 1 aliphatic carbocycles. The summed E-state index contributed by atoms with van der Waals surface area (Å²) in [7, 11) is 0.950. The maximum Gasteiger partial charge on any atom is 0.0656 e. The third-order valence-electron chi connectivity index (χ3n) is 4.52. The summed E-state index contributed by atoms with van der Waals surface area (Å²) in [6, 6.07) is 0. The van der Waals surface area contributed by atoms with Gasteiger partial charge < -0.3 is 5.11 Å². The molecule has 1 aliphatic heterocycles. The number of allylic oxidation sites excluding steroid dienone is 2. The Morgan fingerprint density at radius 2 is 2.00 bits per heavy atom. The van der Waals surface area contributed by atoms with E-state index in [-0.39, 0.29) is 6.10 Å². The zero-order valence-electron chi connectivity index (χ0n) is 12.6. The molecule has 2 atom stereocenters. The Balaban J connectivity index is 2.06. The lowest BCUT2D eigenvalue weighted by Crippen LogP contribution is -2.27. The van der Waals surface area contributed by atoms with E-state index in [0.29, 0.717) is 5.92 Å². The first-order valence-corrected chi connectivity index (χ1v) is 9.56. The number of nitrogens with one attached hydrogen (secondary N) is 1. The molecule has 0 radical (unpaired) electrons. The van der Waals surface area contributed by atoms with E-state index in [0.717, 1.165) is 11.7 Å². The average molecular weight is 283 g/mol. The highest BCUT2D eigenvalue weighted by atomic mass is 32.3. The summed E-state index contributed by atoms with van der Waals surface area (Å²) in [5, 5.41) is 15.0. The molecule has 19 heavy (non-hydrogen) atoms. The molecule has 110 valence electrons. The van der Waals surface area contributed by atoms with Gasteiger partial charge in [0.2, 0.25) is 0 Å². The standard InChI is InChI=1S/C16H29NOS/c1-13(2)16(18)12-19(17-3)10-9-15(11-19)14-7-5-4-6-8-14/h9-11,13-14,16-18H,4-8,12H2,1-3H3. The van der Waals surface area contributed by atoms with Crippen LogP contribution in [0.4, 0.5) is 0 Å². The lowest BCUT2D eigenvalue weighted by molar-refractivity contribution is 0.148. The van der Waals surface area contributed by atoms with Crippen LogP contribution in [0, 0.1) is 11.8 Å². The van der Waals surface area contributed by atoms with Crippen molar-refractivity contribution in [2.24, 2.45) is 11.8 Å². The number of hydrogen-bond donors (Lipinski definition) is 2. The van der Waals surface area contributed by atoms with Crippen LogP contribution < -0.4 is 4.72 Å². The first-order valence-electron chi connectivity index (χ1n) is 7.63. The monoisotopic (exact) mass is 283 g/mol. The third-order valence-corrected chi connectivity index (χ3v) is 7.49. The van der Waals surface area contributed by atoms with Crippen LogP contribution in [0.15, 0.2) is 22.5 Å². The highest BCUT2D eigenvalue weighted by Gasteiger charge is 2.28. The average Bonchev–Trinajstić information content (AvgIpc) is 2.84. The summed E-state index contributed by atoms with van der Waals surface area (Å²) in [6.07, 6.45) is 8.98. The second kappa shape index (κ2) is 6.47. The van der Waals surface area contributed by atoms with Gasteiger partial charge in [-0.2, -0.15) is 0 Å². The summed E-state index contributed by atoms with van der Waals surface area (Å²) in [6.45, 7) is 4.19. The van der Waals surface area contributed by atoms with Crippen molar-refractivity contribution in [2.45, 2.75) is 52.1 Å². The van der Waals surface area contributed by atoms with E-state index >= 15 is 0 Å². The fourth-order valence-electron chi connectivity index (χ4n) is 2.98. The van der Waals surface area contributed by atoms with Gasteiger partial charge in [-0.05, 0) is 48.1 Å². The normalized spacial score (nSPS) is 33.2. The molecule has 0 amide bonds. The van der Waals surface area contributed by atoms with Crippen molar-refractivity contribution in [2.75, 3.05) is 12.8 Å². The van der Waals surface area contributed by atoms with Gasteiger partial charge in [-0.3, -0.25) is 4.72 Å². The minimum absolute atomic E-state index is 0.214. The number of aliphatic hydroxyl groups is 1. The predicted octanol–water partition coefficient (Wildman–Crippen LogP) is 3.93. The molecule has 1 saturated carbocycles. The van der Waals surface area contributed by atoms with Crippen molar-refractivity contribution in [3.63, 3.8) is 0 Å². The molecule has 2 aliphatic rings. The molecule has 0 aromatic rings. The van der Waals surface area contributed by atoms with E-state index in [4.69, 9.17) is 0 Å². The van der Waals surface area contributed by atoms with E-state index < -0.39 is 10.2 Å². The van der Waals surface area contributed by atoms with Gasteiger partial charge in [0.15, 0.2) is 0 Å². The highest BCUT2D eigenvalue weighted by molar-refractivity contribution is 8.37. The minimum Gasteiger partial charge on any atom is -0.392 e. The van der Waals surface area contributed by atoms with Crippen LogP contribution in [0.5, 0.6) is 0 Å². The van der Waals surface area contributed by atoms with Crippen molar-refractivity contribution in [1.82, 2.24) is 4.72 Å². The van der Waals surface area contributed by atoms with E-state index in [1.165, 1.54) is 37.7 Å². The van der Waals surface area contributed by atoms with Gasteiger partial charge in [0.1, 0.15) is 0 Å². The first kappa shape index (κ1) is 15.1. The SMILES string of the molecule is CNS1(CC(O)C(C)C)C=CC(C2CCCCC2)=C1. The number of hydrogen-bond acceptors (Lipinski definition) is 2. The van der Waals surface area contributed by atoms with E-state index in [9.17, 15) is 5.11 Å². The lowest BCUT2D eigenvalue weighted by atomic mass is 9.84. The molecule has 1 heterocycles. The second-order valence-electron chi connectivity index (χ2n) is 6.29. The molecule has 2 nitrogen and oxygen atoms in total. The molecule has 2 unspecified atom stereocenters. The molecule has 0 spiro atoms. The summed E-state index contributed by atoms with van der Waals surface area (Å²) in [5.41, 5.74) is 1.53. The Bertz CT molecular complexity index is 358. The zero-order valence-corrected chi connectivity index (χ0v) is 13.4. The van der Waals surface area contributed by atoms with Crippen LogP contribution in [0.1, 0.15) is 46.0 Å². The molecular weight excluding hydrogens is 254 g/mol.